The molecular formula is C26H33ClN4O3S2. The molecule has 0 N–H and O–H groups in total. The summed E-state index contributed by atoms with van der Waals surface area (Å²) >= 11 is 7.68. The molecule has 36 heavy (non-hydrogen) atoms. The zero-order valence-corrected chi connectivity index (χ0v) is 23.6. The second kappa shape index (κ2) is 11.1. The van der Waals surface area contributed by atoms with Gasteiger partial charge in [0, 0.05) is 29.7 Å². The SMILES string of the molecule is Cc1cc(Cl)cc2sc(N(CCCN(C)C)C(=O)c3ccc(S(=O)(=O)N4CCCCC4C)cc3)nc12. The third kappa shape index (κ3) is 5.75. The zero-order valence-electron chi connectivity index (χ0n) is 21.2. The minimum atomic E-state index is -3.60. The van der Waals surface area contributed by atoms with Crippen molar-refractivity contribution >= 4 is 54.2 Å². The zero-order chi connectivity index (χ0) is 26.0. The lowest BCUT2D eigenvalue weighted by atomic mass is 10.1. The summed E-state index contributed by atoms with van der Waals surface area (Å²) in [5, 5.41) is 1.25. The Kier molecular flexibility index (Phi) is 8.36. The van der Waals surface area contributed by atoms with Gasteiger partial charge in [-0.15, -0.1) is 0 Å². The van der Waals surface area contributed by atoms with Crippen molar-refractivity contribution in [3.8, 4) is 0 Å². The summed E-state index contributed by atoms with van der Waals surface area (Å²) in [6.07, 6.45) is 3.55. The van der Waals surface area contributed by atoms with Gasteiger partial charge in [0.2, 0.25) is 10.0 Å². The third-order valence-electron chi connectivity index (χ3n) is 6.55. The summed E-state index contributed by atoms with van der Waals surface area (Å²) in [6, 6.07) is 10.0. The van der Waals surface area contributed by atoms with Crippen molar-refractivity contribution in [2.75, 3.05) is 38.6 Å². The molecule has 1 aliphatic rings. The number of hydrogen-bond donors (Lipinski definition) is 0. The van der Waals surface area contributed by atoms with Crippen LogP contribution in [0.15, 0.2) is 41.3 Å². The fourth-order valence-electron chi connectivity index (χ4n) is 4.58. The molecule has 1 amide bonds. The van der Waals surface area contributed by atoms with Gasteiger partial charge in [0.15, 0.2) is 5.13 Å². The quantitative estimate of drug-likeness (QED) is 0.376. The lowest BCUT2D eigenvalue weighted by molar-refractivity contribution is 0.0986. The van der Waals surface area contributed by atoms with E-state index in [9.17, 15) is 13.2 Å². The average Bonchev–Trinajstić information content (AvgIpc) is 3.25. The first kappa shape index (κ1) is 27.0. The van der Waals surface area contributed by atoms with E-state index < -0.39 is 10.0 Å². The molecule has 4 rings (SSSR count). The van der Waals surface area contributed by atoms with Crippen molar-refractivity contribution < 1.29 is 13.2 Å². The number of fused-ring (bicyclic) bond motifs is 1. The molecule has 1 atom stereocenters. The molecule has 1 aromatic heterocycles. The Labute approximate surface area is 222 Å². The van der Waals surface area contributed by atoms with Gasteiger partial charge in [0.05, 0.1) is 15.1 Å². The number of aryl methyl sites for hydroxylation is 1. The number of piperidine rings is 1. The van der Waals surface area contributed by atoms with Crippen LogP contribution in [0.3, 0.4) is 0 Å². The highest BCUT2D eigenvalue weighted by atomic mass is 35.5. The van der Waals surface area contributed by atoms with Gasteiger partial charge in [-0.05, 0) is 95.7 Å². The van der Waals surface area contributed by atoms with E-state index in [2.05, 4.69) is 4.90 Å². The van der Waals surface area contributed by atoms with E-state index in [0.29, 0.717) is 28.8 Å². The molecule has 3 aromatic rings. The van der Waals surface area contributed by atoms with E-state index >= 15 is 0 Å². The third-order valence-corrected chi connectivity index (χ3v) is 9.82. The fraction of sp³-hybridized carbons (Fsp3) is 0.462. The molecule has 1 saturated heterocycles. The van der Waals surface area contributed by atoms with Gasteiger partial charge in [-0.2, -0.15) is 4.31 Å². The number of sulfonamides is 1. The number of nitrogens with zero attached hydrogens (tertiary/aromatic N) is 4. The van der Waals surface area contributed by atoms with E-state index in [-0.39, 0.29) is 16.8 Å². The van der Waals surface area contributed by atoms with Gasteiger partial charge in [-0.1, -0.05) is 29.4 Å². The maximum atomic E-state index is 13.7. The molecule has 0 aliphatic carbocycles. The van der Waals surface area contributed by atoms with Crippen molar-refractivity contribution in [3.63, 3.8) is 0 Å². The van der Waals surface area contributed by atoms with E-state index in [1.807, 2.05) is 40.1 Å². The Balaban J connectivity index is 1.63. The Morgan fingerprint density at radius 3 is 2.56 bits per heavy atom. The lowest BCUT2D eigenvalue weighted by Crippen LogP contribution is -2.41. The smallest absolute Gasteiger partial charge is 0.260 e. The van der Waals surface area contributed by atoms with Gasteiger partial charge in [0.1, 0.15) is 0 Å². The molecule has 0 saturated carbocycles. The highest BCUT2D eigenvalue weighted by Gasteiger charge is 2.31. The fourth-order valence-corrected chi connectivity index (χ4v) is 7.72. The van der Waals surface area contributed by atoms with Crippen LogP contribution in [0.2, 0.25) is 5.02 Å². The molecule has 1 unspecified atom stereocenters. The molecule has 1 aliphatic heterocycles. The Morgan fingerprint density at radius 2 is 1.89 bits per heavy atom. The Hall–Kier alpha value is -2.04. The summed E-state index contributed by atoms with van der Waals surface area (Å²) in [6.45, 7) is 5.76. The maximum absolute atomic E-state index is 13.7. The second-order valence-electron chi connectivity index (χ2n) is 9.66. The number of amides is 1. The van der Waals surface area contributed by atoms with Crippen LogP contribution in [-0.4, -0.2) is 68.3 Å². The maximum Gasteiger partial charge on any atom is 0.260 e. The van der Waals surface area contributed by atoms with Crippen molar-refractivity contribution in [1.82, 2.24) is 14.2 Å². The Bertz CT molecular complexity index is 1340. The highest BCUT2D eigenvalue weighted by Crippen LogP contribution is 2.34. The van der Waals surface area contributed by atoms with Gasteiger partial charge in [-0.25, -0.2) is 13.4 Å². The molecule has 7 nitrogen and oxygen atoms in total. The number of rotatable bonds is 8. The average molecular weight is 549 g/mol. The predicted molar refractivity (Wildman–Crippen MR) is 148 cm³/mol. The van der Waals surface area contributed by atoms with Crippen LogP contribution in [0.25, 0.3) is 10.2 Å². The Morgan fingerprint density at radius 1 is 1.17 bits per heavy atom. The summed E-state index contributed by atoms with van der Waals surface area (Å²) in [5.74, 6) is -0.202. The van der Waals surface area contributed by atoms with Gasteiger partial charge < -0.3 is 4.90 Å². The topological polar surface area (TPSA) is 73.8 Å². The number of carbonyl (C=O) groups excluding carboxylic acids is 1. The number of thiazole rings is 1. The number of hydrogen-bond acceptors (Lipinski definition) is 6. The summed E-state index contributed by atoms with van der Waals surface area (Å²) < 4.78 is 28.9. The van der Waals surface area contributed by atoms with Crippen LogP contribution in [0, 0.1) is 6.92 Å². The molecule has 2 aromatic carbocycles. The van der Waals surface area contributed by atoms with Crippen molar-refractivity contribution in [2.24, 2.45) is 0 Å². The van der Waals surface area contributed by atoms with Crippen molar-refractivity contribution in [2.45, 2.75) is 50.5 Å². The lowest BCUT2D eigenvalue weighted by Gasteiger charge is -2.32. The van der Waals surface area contributed by atoms with E-state index in [1.165, 1.54) is 11.3 Å². The van der Waals surface area contributed by atoms with Crippen LogP contribution in [0.1, 0.15) is 48.5 Å². The van der Waals surface area contributed by atoms with Crippen LogP contribution < -0.4 is 4.90 Å². The number of carbonyl (C=O) groups is 1. The molecule has 10 heteroatoms. The monoisotopic (exact) mass is 548 g/mol. The van der Waals surface area contributed by atoms with Gasteiger partial charge in [-0.3, -0.25) is 9.69 Å². The molecule has 0 bridgehead atoms. The first-order chi connectivity index (χ1) is 17.1. The number of anilines is 1. The number of halogens is 1. The minimum Gasteiger partial charge on any atom is -0.309 e. The predicted octanol–water partition coefficient (Wildman–Crippen LogP) is 5.42. The number of benzene rings is 2. The van der Waals surface area contributed by atoms with Crippen molar-refractivity contribution in [3.05, 3.63) is 52.5 Å². The van der Waals surface area contributed by atoms with E-state index in [4.69, 9.17) is 16.6 Å². The molecular weight excluding hydrogens is 516 g/mol. The second-order valence-corrected chi connectivity index (χ2v) is 13.0. The highest BCUT2D eigenvalue weighted by molar-refractivity contribution is 7.89. The molecule has 2 heterocycles. The number of aromatic nitrogens is 1. The summed E-state index contributed by atoms with van der Waals surface area (Å²) in [7, 11) is 0.399. The standard InChI is InChI=1S/C26H33ClN4O3S2/c1-18-16-21(27)17-23-24(18)28-26(35-23)30(14-7-13-29(3)4)25(32)20-9-11-22(12-10-20)36(33,34)31-15-6-5-8-19(31)2/h9-12,16-17,19H,5-8,13-15H2,1-4H3. The normalized spacial score (nSPS) is 17.1. The summed E-state index contributed by atoms with van der Waals surface area (Å²) in [4.78, 5) is 22.4. The summed E-state index contributed by atoms with van der Waals surface area (Å²) in [5.41, 5.74) is 2.23. The molecule has 0 spiro atoms. The van der Waals surface area contributed by atoms with Crippen LogP contribution >= 0.6 is 22.9 Å². The molecule has 194 valence electrons. The van der Waals surface area contributed by atoms with Crippen molar-refractivity contribution in [1.29, 1.82) is 0 Å². The van der Waals surface area contributed by atoms with Gasteiger partial charge in [0.25, 0.3) is 5.91 Å². The molecule has 1 fully saturated rings. The van der Waals surface area contributed by atoms with Crippen LogP contribution in [-0.2, 0) is 10.0 Å². The van der Waals surface area contributed by atoms with Gasteiger partial charge >= 0.3 is 0 Å². The minimum absolute atomic E-state index is 0.0201. The largest absolute Gasteiger partial charge is 0.309 e. The first-order valence-electron chi connectivity index (χ1n) is 12.2. The molecule has 0 radical (unpaired) electrons. The first-order valence-corrected chi connectivity index (χ1v) is 14.9. The van der Waals surface area contributed by atoms with Crippen LogP contribution in [0.5, 0.6) is 0 Å². The van der Waals surface area contributed by atoms with E-state index in [1.54, 1.807) is 33.5 Å². The van der Waals surface area contributed by atoms with Crippen LogP contribution in [0.4, 0.5) is 5.13 Å². The van der Waals surface area contributed by atoms with E-state index in [0.717, 1.165) is 48.0 Å².